The highest BCUT2D eigenvalue weighted by molar-refractivity contribution is 9.10. The molecule has 8 heteroatoms. The van der Waals surface area contributed by atoms with Gasteiger partial charge in [-0.1, -0.05) is 5.16 Å². The molecule has 0 aromatic carbocycles. The van der Waals surface area contributed by atoms with E-state index in [1.54, 1.807) is 0 Å². The van der Waals surface area contributed by atoms with Crippen LogP contribution in [0, 0.1) is 6.92 Å². The molecule has 0 saturated heterocycles. The van der Waals surface area contributed by atoms with Crippen molar-refractivity contribution in [3.8, 4) is 0 Å². The van der Waals surface area contributed by atoms with Crippen LogP contribution in [0.1, 0.15) is 24.3 Å². The van der Waals surface area contributed by atoms with Crippen LogP contribution in [0.4, 0.5) is 0 Å². The summed E-state index contributed by atoms with van der Waals surface area (Å²) in [6.45, 7) is 6.06. The summed E-state index contributed by atoms with van der Waals surface area (Å²) in [4.78, 5) is 10.9. The number of nitrogens with one attached hydrogen (secondary N) is 1. The van der Waals surface area contributed by atoms with Crippen LogP contribution in [0.5, 0.6) is 0 Å². The lowest BCUT2D eigenvalue weighted by molar-refractivity contribution is 0.375. The zero-order valence-electron chi connectivity index (χ0n) is 14.0. The van der Waals surface area contributed by atoms with Gasteiger partial charge in [-0.3, -0.25) is 4.99 Å². The summed E-state index contributed by atoms with van der Waals surface area (Å²) in [6, 6.07) is 2.11. The predicted molar refractivity (Wildman–Crippen MR) is 93.3 cm³/mol. The van der Waals surface area contributed by atoms with E-state index in [1.165, 1.54) is 5.69 Å². The van der Waals surface area contributed by atoms with E-state index in [-0.39, 0.29) is 0 Å². The Morgan fingerprint density at radius 1 is 1.52 bits per heavy atom. The van der Waals surface area contributed by atoms with Gasteiger partial charge in [-0.15, -0.1) is 0 Å². The van der Waals surface area contributed by atoms with Crippen molar-refractivity contribution in [1.29, 1.82) is 0 Å². The van der Waals surface area contributed by atoms with Gasteiger partial charge in [0.2, 0.25) is 5.89 Å². The molecule has 2 aromatic rings. The van der Waals surface area contributed by atoms with E-state index < -0.39 is 0 Å². The molecule has 23 heavy (non-hydrogen) atoms. The minimum atomic E-state index is 0.602. The Morgan fingerprint density at radius 2 is 2.30 bits per heavy atom. The van der Waals surface area contributed by atoms with Gasteiger partial charge >= 0.3 is 0 Å². The topological polar surface area (TPSA) is 71.5 Å². The Hall–Kier alpha value is -1.83. The number of aliphatic imine (C=N–C) groups is 1. The average molecular weight is 383 g/mol. The van der Waals surface area contributed by atoms with Crippen LogP contribution < -0.4 is 5.32 Å². The Balaban J connectivity index is 1.98. The van der Waals surface area contributed by atoms with Crippen LogP contribution in [0.2, 0.25) is 0 Å². The largest absolute Gasteiger partial charge is 0.357 e. The maximum Gasteiger partial charge on any atom is 0.228 e. The van der Waals surface area contributed by atoms with Crippen molar-refractivity contribution in [3.63, 3.8) is 0 Å². The lowest BCUT2D eigenvalue weighted by Crippen LogP contribution is -2.39. The molecule has 0 atom stereocenters. The van der Waals surface area contributed by atoms with Gasteiger partial charge in [0.15, 0.2) is 11.8 Å². The molecule has 0 spiro atoms. The van der Waals surface area contributed by atoms with E-state index >= 15 is 0 Å². The molecule has 2 heterocycles. The fourth-order valence-electron chi connectivity index (χ4n) is 2.21. The number of halogens is 1. The zero-order valence-corrected chi connectivity index (χ0v) is 15.6. The molecule has 0 aliphatic heterocycles. The first-order valence-corrected chi connectivity index (χ1v) is 8.38. The maximum absolute atomic E-state index is 5.11. The number of aromatic nitrogens is 3. The van der Waals surface area contributed by atoms with E-state index in [2.05, 4.69) is 58.8 Å². The number of rotatable bonds is 6. The summed E-state index contributed by atoms with van der Waals surface area (Å²) in [7, 11) is 4.06. The summed E-state index contributed by atoms with van der Waals surface area (Å²) in [5.74, 6) is 2.14. The summed E-state index contributed by atoms with van der Waals surface area (Å²) in [5.41, 5.74) is 1.21. The molecule has 0 bridgehead atoms. The van der Waals surface area contributed by atoms with Crippen molar-refractivity contribution < 1.29 is 4.52 Å². The van der Waals surface area contributed by atoms with Crippen molar-refractivity contribution in [2.75, 3.05) is 20.1 Å². The molecule has 0 unspecified atom stereocenters. The van der Waals surface area contributed by atoms with Gasteiger partial charge in [0.25, 0.3) is 0 Å². The smallest absolute Gasteiger partial charge is 0.228 e. The van der Waals surface area contributed by atoms with Crippen LogP contribution in [0.15, 0.2) is 26.3 Å². The number of nitrogens with zero attached hydrogens (tertiary/aromatic N) is 5. The summed E-state index contributed by atoms with van der Waals surface area (Å²) in [5, 5.41) is 7.09. The third-order valence-electron chi connectivity index (χ3n) is 3.33. The molecular formula is C15H23BrN6O. The molecule has 0 aliphatic carbocycles. The van der Waals surface area contributed by atoms with Gasteiger partial charge in [-0.25, -0.2) is 0 Å². The molecular weight excluding hydrogens is 360 g/mol. The van der Waals surface area contributed by atoms with E-state index in [1.807, 2.05) is 27.2 Å². The van der Waals surface area contributed by atoms with E-state index in [0.717, 1.165) is 23.5 Å². The van der Waals surface area contributed by atoms with Crippen LogP contribution >= 0.6 is 15.9 Å². The van der Waals surface area contributed by atoms with Crippen LogP contribution in [-0.2, 0) is 20.0 Å². The summed E-state index contributed by atoms with van der Waals surface area (Å²) in [6.07, 6.45) is 2.68. The van der Waals surface area contributed by atoms with Gasteiger partial charge in [0, 0.05) is 43.4 Å². The molecule has 7 nitrogen and oxygen atoms in total. The van der Waals surface area contributed by atoms with Gasteiger partial charge in [-0.2, -0.15) is 4.98 Å². The van der Waals surface area contributed by atoms with Crippen LogP contribution in [0.25, 0.3) is 0 Å². The standard InChI is InChI=1S/C15H23BrN6O/c1-5-17-15(18-7-6-14-19-11(2)20-23-14)22(4)10-13-8-12(16)9-21(13)3/h8-9H,5-7,10H2,1-4H3,(H,17,18). The maximum atomic E-state index is 5.11. The molecule has 126 valence electrons. The lowest BCUT2D eigenvalue weighted by Gasteiger charge is -2.22. The van der Waals surface area contributed by atoms with Crippen molar-refractivity contribution >= 4 is 21.9 Å². The Labute approximate surface area is 144 Å². The highest BCUT2D eigenvalue weighted by Crippen LogP contribution is 2.15. The second-order valence-corrected chi connectivity index (χ2v) is 6.25. The van der Waals surface area contributed by atoms with E-state index in [4.69, 9.17) is 4.52 Å². The molecule has 2 aromatic heterocycles. The second kappa shape index (κ2) is 8.14. The van der Waals surface area contributed by atoms with Crippen LogP contribution in [-0.4, -0.2) is 45.7 Å². The molecule has 0 saturated carbocycles. The summed E-state index contributed by atoms with van der Waals surface area (Å²) >= 11 is 3.50. The first kappa shape index (κ1) is 17.5. The van der Waals surface area contributed by atoms with Gasteiger partial charge in [-0.05, 0) is 35.8 Å². The average Bonchev–Trinajstić information content (AvgIpc) is 3.03. The predicted octanol–water partition coefficient (Wildman–Crippen LogP) is 2.12. The minimum absolute atomic E-state index is 0.602. The Kier molecular flexibility index (Phi) is 6.20. The van der Waals surface area contributed by atoms with Gasteiger partial charge < -0.3 is 19.3 Å². The molecule has 0 fully saturated rings. The quantitative estimate of drug-likeness (QED) is 0.611. The summed E-state index contributed by atoms with van der Waals surface area (Å²) < 4.78 is 8.29. The number of hydrogen-bond acceptors (Lipinski definition) is 4. The molecule has 0 amide bonds. The SMILES string of the molecule is CCNC(=NCCc1nc(C)no1)N(C)Cc1cc(Br)cn1C. The number of hydrogen-bond donors (Lipinski definition) is 1. The van der Waals surface area contributed by atoms with Crippen LogP contribution in [0.3, 0.4) is 0 Å². The molecule has 0 aliphatic rings. The van der Waals surface area contributed by atoms with Crippen molar-refractivity contribution in [2.24, 2.45) is 12.0 Å². The first-order chi connectivity index (χ1) is 11.0. The molecule has 1 N–H and O–H groups in total. The van der Waals surface area contributed by atoms with E-state index in [0.29, 0.717) is 24.7 Å². The number of aryl methyl sites for hydroxylation is 2. The molecule has 0 radical (unpaired) electrons. The fourth-order valence-corrected chi connectivity index (χ4v) is 2.78. The van der Waals surface area contributed by atoms with Gasteiger partial charge in [0.05, 0.1) is 13.1 Å². The second-order valence-electron chi connectivity index (χ2n) is 5.34. The lowest BCUT2D eigenvalue weighted by atomic mass is 10.4. The fraction of sp³-hybridized carbons (Fsp3) is 0.533. The third-order valence-corrected chi connectivity index (χ3v) is 3.76. The van der Waals surface area contributed by atoms with E-state index in [9.17, 15) is 0 Å². The third kappa shape index (κ3) is 5.09. The normalized spacial score (nSPS) is 11.8. The zero-order chi connectivity index (χ0) is 16.8. The van der Waals surface area contributed by atoms with Crippen molar-refractivity contribution in [2.45, 2.75) is 26.8 Å². The minimum Gasteiger partial charge on any atom is -0.357 e. The monoisotopic (exact) mass is 382 g/mol. The van der Waals surface area contributed by atoms with Crippen molar-refractivity contribution in [3.05, 3.63) is 34.1 Å². The Morgan fingerprint density at radius 3 is 2.87 bits per heavy atom. The first-order valence-electron chi connectivity index (χ1n) is 7.59. The van der Waals surface area contributed by atoms with Gasteiger partial charge in [0.1, 0.15) is 0 Å². The highest BCUT2D eigenvalue weighted by Gasteiger charge is 2.10. The van der Waals surface area contributed by atoms with Crippen molar-refractivity contribution in [1.82, 2.24) is 24.9 Å². The highest BCUT2D eigenvalue weighted by atomic mass is 79.9. The number of guanidine groups is 1. The molecule has 2 rings (SSSR count). The Bertz CT molecular complexity index is 663.